The monoisotopic (exact) mass is 184 g/mol. The summed E-state index contributed by atoms with van der Waals surface area (Å²) in [6, 6.07) is 0. The molecule has 0 aromatic rings. The molecule has 0 radical (unpaired) electrons. The summed E-state index contributed by atoms with van der Waals surface area (Å²) in [5.74, 6) is 0. The Morgan fingerprint density at radius 3 is 1.75 bits per heavy atom. The SMILES string of the molecule is C/C(=C\C(C)=C(/C)P)C(C)(C)C. The molecule has 0 rings (SSSR count). The largest absolute Gasteiger partial charge is 0.110 e. The summed E-state index contributed by atoms with van der Waals surface area (Å²) >= 11 is 0. The van der Waals surface area contributed by atoms with Gasteiger partial charge in [0, 0.05) is 0 Å². The molecule has 0 saturated heterocycles. The first kappa shape index (κ1) is 11.9. The minimum Gasteiger partial charge on any atom is -0.110 e. The normalized spacial score (nSPS) is 16.1. The molecule has 0 nitrogen and oxygen atoms in total. The van der Waals surface area contributed by atoms with E-state index in [1.54, 1.807) is 0 Å². The molecule has 1 heteroatoms. The second-order valence-electron chi connectivity index (χ2n) is 4.44. The molecule has 0 bridgehead atoms. The Balaban J connectivity index is 4.71. The van der Waals surface area contributed by atoms with Crippen LogP contribution in [0.25, 0.3) is 0 Å². The van der Waals surface area contributed by atoms with Crippen molar-refractivity contribution in [2.75, 3.05) is 0 Å². The summed E-state index contributed by atoms with van der Waals surface area (Å²) < 4.78 is 0. The highest BCUT2D eigenvalue weighted by atomic mass is 31.0. The van der Waals surface area contributed by atoms with Gasteiger partial charge >= 0.3 is 0 Å². The highest BCUT2D eigenvalue weighted by molar-refractivity contribution is 7.22. The van der Waals surface area contributed by atoms with Crippen molar-refractivity contribution in [1.82, 2.24) is 0 Å². The van der Waals surface area contributed by atoms with Gasteiger partial charge in [0.25, 0.3) is 0 Å². The average Bonchev–Trinajstić information content (AvgIpc) is 1.85. The van der Waals surface area contributed by atoms with Crippen molar-refractivity contribution in [2.24, 2.45) is 5.41 Å². The molecule has 0 aliphatic heterocycles. The lowest BCUT2D eigenvalue weighted by Gasteiger charge is -2.19. The van der Waals surface area contributed by atoms with Gasteiger partial charge in [-0.2, -0.15) is 0 Å². The molecule has 0 aliphatic carbocycles. The van der Waals surface area contributed by atoms with Gasteiger partial charge in [0.15, 0.2) is 0 Å². The summed E-state index contributed by atoms with van der Waals surface area (Å²) in [5.41, 5.74) is 3.08. The summed E-state index contributed by atoms with van der Waals surface area (Å²) in [6.07, 6.45) is 2.27. The molecule has 0 aliphatic rings. The Morgan fingerprint density at radius 2 is 1.50 bits per heavy atom. The van der Waals surface area contributed by atoms with Gasteiger partial charge in [-0.15, -0.1) is 9.24 Å². The maximum absolute atomic E-state index is 2.74. The van der Waals surface area contributed by atoms with Crippen molar-refractivity contribution in [1.29, 1.82) is 0 Å². The van der Waals surface area contributed by atoms with Crippen molar-refractivity contribution in [3.63, 3.8) is 0 Å². The average molecular weight is 184 g/mol. The van der Waals surface area contributed by atoms with E-state index in [2.05, 4.69) is 56.9 Å². The third-order valence-corrected chi connectivity index (χ3v) is 2.69. The molecule has 0 amide bonds. The van der Waals surface area contributed by atoms with Crippen LogP contribution < -0.4 is 0 Å². The zero-order chi connectivity index (χ0) is 9.94. The highest BCUT2D eigenvalue weighted by Crippen LogP contribution is 2.26. The number of hydrogen-bond donors (Lipinski definition) is 0. The van der Waals surface area contributed by atoms with Gasteiger partial charge in [-0.1, -0.05) is 37.7 Å². The van der Waals surface area contributed by atoms with E-state index in [0.717, 1.165) is 0 Å². The number of allylic oxidation sites excluding steroid dienone is 4. The smallest absolute Gasteiger partial charge is 0.0173 e. The zero-order valence-electron chi connectivity index (χ0n) is 9.15. The molecule has 0 aromatic heterocycles. The van der Waals surface area contributed by atoms with Gasteiger partial charge in [0.2, 0.25) is 0 Å². The Labute approximate surface area is 79.3 Å². The van der Waals surface area contributed by atoms with Crippen molar-refractivity contribution in [3.8, 4) is 0 Å². The van der Waals surface area contributed by atoms with Crippen molar-refractivity contribution in [3.05, 3.63) is 22.5 Å². The lowest BCUT2D eigenvalue weighted by Crippen LogP contribution is -2.06. The Kier molecular flexibility index (Phi) is 4.20. The van der Waals surface area contributed by atoms with Gasteiger partial charge in [0.05, 0.1) is 0 Å². The quantitative estimate of drug-likeness (QED) is 0.424. The van der Waals surface area contributed by atoms with Crippen molar-refractivity contribution >= 4 is 9.24 Å². The van der Waals surface area contributed by atoms with Crippen LogP contribution in [0.5, 0.6) is 0 Å². The standard InChI is InChI=1S/C11H21P/c1-8(10(3)12)7-9(2)11(4,5)6/h7H,12H2,1-6H3/b9-7+,10-8+. The van der Waals surface area contributed by atoms with Crippen LogP contribution in [-0.2, 0) is 0 Å². The van der Waals surface area contributed by atoms with E-state index in [9.17, 15) is 0 Å². The van der Waals surface area contributed by atoms with Gasteiger partial charge in [-0.25, -0.2) is 0 Å². The van der Waals surface area contributed by atoms with Gasteiger partial charge < -0.3 is 0 Å². The second-order valence-corrected chi connectivity index (χ2v) is 5.31. The first-order valence-corrected chi connectivity index (χ1v) is 4.94. The van der Waals surface area contributed by atoms with E-state index in [4.69, 9.17) is 0 Å². The maximum Gasteiger partial charge on any atom is -0.0173 e. The fourth-order valence-corrected chi connectivity index (χ4v) is 0.738. The fraction of sp³-hybridized carbons (Fsp3) is 0.636. The third kappa shape index (κ3) is 4.07. The Hall–Kier alpha value is -0.0900. The van der Waals surface area contributed by atoms with Crippen LogP contribution in [0.4, 0.5) is 0 Å². The Morgan fingerprint density at radius 1 is 1.08 bits per heavy atom. The molecule has 0 saturated carbocycles. The topological polar surface area (TPSA) is 0 Å². The van der Waals surface area contributed by atoms with Crippen LogP contribution in [0.2, 0.25) is 0 Å². The molecular weight excluding hydrogens is 163 g/mol. The number of hydrogen-bond acceptors (Lipinski definition) is 0. The molecule has 0 fully saturated rings. The first-order chi connectivity index (χ1) is 5.25. The van der Waals surface area contributed by atoms with Gasteiger partial charge in [-0.3, -0.25) is 0 Å². The molecule has 12 heavy (non-hydrogen) atoms. The zero-order valence-corrected chi connectivity index (χ0v) is 10.3. The predicted molar refractivity (Wildman–Crippen MR) is 61.3 cm³/mol. The van der Waals surface area contributed by atoms with E-state index < -0.39 is 0 Å². The minimum absolute atomic E-state index is 0.293. The molecule has 0 N–H and O–H groups in total. The van der Waals surface area contributed by atoms with E-state index in [-0.39, 0.29) is 0 Å². The third-order valence-electron chi connectivity index (χ3n) is 2.24. The van der Waals surface area contributed by atoms with Crippen LogP contribution in [-0.4, -0.2) is 0 Å². The van der Waals surface area contributed by atoms with E-state index in [0.29, 0.717) is 5.41 Å². The van der Waals surface area contributed by atoms with Crippen molar-refractivity contribution < 1.29 is 0 Å². The van der Waals surface area contributed by atoms with Crippen LogP contribution in [0, 0.1) is 5.41 Å². The second kappa shape index (κ2) is 4.23. The van der Waals surface area contributed by atoms with Crippen LogP contribution in [0.15, 0.2) is 22.5 Å². The predicted octanol–water partition coefficient (Wildman–Crippen LogP) is 4.15. The van der Waals surface area contributed by atoms with Crippen LogP contribution in [0.1, 0.15) is 41.5 Å². The van der Waals surface area contributed by atoms with Gasteiger partial charge in [-0.05, 0) is 31.8 Å². The lowest BCUT2D eigenvalue weighted by atomic mass is 9.86. The summed E-state index contributed by atoms with van der Waals surface area (Å²) in [7, 11) is 2.74. The van der Waals surface area contributed by atoms with E-state index >= 15 is 0 Å². The highest BCUT2D eigenvalue weighted by Gasteiger charge is 2.11. The molecule has 0 aromatic carbocycles. The van der Waals surface area contributed by atoms with Gasteiger partial charge in [0.1, 0.15) is 0 Å². The number of rotatable bonds is 1. The van der Waals surface area contributed by atoms with E-state index in [1.165, 1.54) is 16.5 Å². The van der Waals surface area contributed by atoms with Crippen LogP contribution in [0.3, 0.4) is 0 Å². The molecular formula is C11H21P. The molecule has 1 atom stereocenters. The molecule has 70 valence electrons. The molecule has 0 spiro atoms. The fourth-order valence-electron chi connectivity index (χ4n) is 0.655. The summed E-state index contributed by atoms with van der Waals surface area (Å²) in [4.78, 5) is 0. The van der Waals surface area contributed by atoms with Crippen LogP contribution >= 0.6 is 9.24 Å². The molecule has 0 heterocycles. The lowest BCUT2D eigenvalue weighted by molar-refractivity contribution is 0.503. The Bertz CT molecular complexity index is 210. The maximum atomic E-state index is 2.74. The minimum atomic E-state index is 0.293. The van der Waals surface area contributed by atoms with E-state index in [1.807, 2.05) is 0 Å². The summed E-state index contributed by atoms with van der Waals surface area (Å²) in [6.45, 7) is 13.2. The van der Waals surface area contributed by atoms with Crippen molar-refractivity contribution in [2.45, 2.75) is 41.5 Å². The summed E-state index contributed by atoms with van der Waals surface area (Å²) in [5, 5.41) is 1.32. The first-order valence-electron chi connectivity index (χ1n) is 4.37. The molecule has 1 unspecified atom stereocenters.